The monoisotopic (exact) mass is 299 g/mol. The maximum absolute atomic E-state index is 12.1. The lowest BCUT2D eigenvalue weighted by Gasteiger charge is -2.08. The summed E-state index contributed by atoms with van der Waals surface area (Å²) >= 11 is 0. The number of primary amides is 1. The predicted octanol–water partition coefficient (Wildman–Crippen LogP) is 2.13. The third-order valence-corrected chi connectivity index (χ3v) is 2.81. The van der Waals surface area contributed by atoms with E-state index in [9.17, 15) is 14.4 Å². The van der Waals surface area contributed by atoms with Gasteiger partial charge in [-0.3, -0.25) is 4.79 Å². The zero-order chi connectivity index (χ0) is 16.1. The SMILES string of the molecule is NC(=O)Nc1ccc(NC(=O)c2ccccc2C(=O)O)cc1. The van der Waals surface area contributed by atoms with Crippen LogP contribution >= 0.6 is 0 Å². The molecule has 22 heavy (non-hydrogen) atoms. The summed E-state index contributed by atoms with van der Waals surface area (Å²) in [6, 6.07) is 11.5. The zero-order valence-electron chi connectivity index (χ0n) is 11.4. The van der Waals surface area contributed by atoms with Crippen molar-refractivity contribution in [2.45, 2.75) is 0 Å². The Morgan fingerprint density at radius 3 is 1.82 bits per heavy atom. The number of aromatic carboxylic acids is 1. The van der Waals surface area contributed by atoms with Crippen molar-refractivity contribution < 1.29 is 19.5 Å². The average Bonchev–Trinajstić information content (AvgIpc) is 2.48. The molecule has 7 nitrogen and oxygen atoms in total. The normalized spacial score (nSPS) is 9.82. The summed E-state index contributed by atoms with van der Waals surface area (Å²) in [6.45, 7) is 0. The van der Waals surface area contributed by atoms with Gasteiger partial charge in [0.1, 0.15) is 0 Å². The van der Waals surface area contributed by atoms with Gasteiger partial charge in [-0.05, 0) is 36.4 Å². The summed E-state index contributed by atoms with van der Waals surface area (Å²) in [5.41, 5.74) is 5.92. The molecule has 0 bridgehead atoms. The van der Waals surface area contributed by atoms with Crippen LogP contribution in [0.1, 0.15) is 20.7 Å². The van der Waals surface area contributed by atoms with Gasteiger partial charge < -0.3 is 21.5 Å². The molecule has 7 heteroatoms. The Kier molecular flexibility index (Phi) is 4.38. The smallest absolute Gasteiger partial charge is 0.336 e. The van der Waals surface area contributed by atoms with Crippen LogP contribution in [-0.4, -0.2) is 23.0 Å². The molecule has 0 aliphatic carbocycles. The highest BCUT2D eigenvalue weighted by Gasteiger charge is 2.15. The van der Waals surface area contributed by atoms with Crippen LogP contribution in [0.25, 0.3) is 0 Å². The van der Waals surface area contributed by atoms with Crippen LogP contribution in [0.2, 0.25) is 0 Å². The highest BCUT2D eigenvalue weighted by molar-refractivity contribution is 6.10. The van der Waals surface area contributed by atoms with Gasteiger partial charge in [0, 0.05) is 11.4 Å². The molecule has 2 aromatic rings. The Bertz CT molecular complexity index is 726. The number of benzene rings is 2. The van der Waals surface area contributed by atoms with Gasteiger partial charge in [-0.25, -0.2) is 9.59 Å². The molecule has 0 fully saturated rings. The van der Waals surface area contributed by atoms with Crippen molar-refractivity contribution in [3.05, 3.63) is 59.7 Å². The lowest BCUT2D eigenvalue weighted by atomic mass is 10.1. The lowest BCUT2D eigenvalue weighted by molar-refractivity contribution is 0.0692. The first-order chi connectivity index (χ1) is 10.5. The molecule has 0 unspecified atom stereocenters. The molecule has 0 atom stereocenters. The molecule has 0 aliphatic rings. The summed E-state index contributed by atoms with van der Waals surface area (Å²) in [7, 11) is 0. The first-order valence-corrected chi connectivity index (χ1v) is 6.27. The van der Waals surface area contributed by atoms with Crippen LogP contribution in [0, 0.1) is 0 Å². The number of rotatable bonds is 4. The standard InChI is InChI=1S/C15H13N3O4/c16-15(22)18-10-7-5-9(6-8-10)17-13(19)11-3-1-2-4-12(11)14(20)21/h1-8H,(H,17,19)(H,20,21)(H3,16,18,22). The number of hydrogen-bond donors (Lipinski definition) is 4. The quantitative estimate of drug-likeness (QED) is 0.690. The Balaban J connectivity index is 2.15. The topological polar surface area (TPSA) is 122 Å². The Morgan fingerprint density at radius 2 is 1.32 bits per heavy atom. The maximum Gasteiger partial charge on any atom is 0.336 e. The Hall–Kier alpha value is -3.35. The lowest BCUT2D eigenvalue weighted by Crippen LogP contribution is -2.19. The van der Waals surface area contributed by atoms with E-state index in [1.807, 2.05) is 0 Å². The van der Waals surface area contributed by atoms with Crippen LogP contribution < -0.4 is 16.4 Å². The number of carbonyl (C=O) groups excluding carboxylic acids is 2. The van der Waals surface area contributed by atoms with Crippen molar-refractivity contribution in [1.82, 2.24) is 0 Å². The van der Waals surface area contributed by atoms with Gasteiger partial charge in [0.25, 0.3) is 5.91 Å². The molecule has 0 heterocycles. The van der Waals surface area contributed by atoms with E-state index in [1.54, 1.807) is 36.4 Å². The summed E-state index contributed by atoms with van der Waals surface area (Å²) in [6.07, 6.45) is 0. The van der Waals surface area contributed by atoms with Crippen molar-refractivity contribution >= 4 is 29.3 Å². The molecular weight excluding hydrogens is 286 g/mol. The second kappa shape index (κ2) is 6.40. The maximum atomic E-state index is 12.1. The number of nitrogens with two attached hydrogens (primary N) is 1. The minimum Gasteiger partial charge on any atom is -0.478 e. The van der Waals surface area contributed by atoms with Crippen molar-refractivity contribution in [2.75, 3.05) is 10.6 Å². The van der Waals surface area contributed by atoms with Gasteiger partial charge in [0.2, 0.25) is 0 Å². The number of hydrogen-bond acceptors (Lipinski definition) is 3. The number of amides is 3. The van der Waals surface area contributed by atoms with Crippen molar-refractivity contribution in [1.29, 1.82) is 0 Å². The van der Waals surface area contributed by atoms with E-state index in [2.05, 4.69) is 10.6 Å². The minimum absolute atomic E-state index is 0.0642. The summed E-state index contributed by atoms with van der Waals surface area (Å²) < 4.78 is 0. The second-order valence-electron chi connectivity index (χ2n) is 4.37. The van der Waals surface area contributed by atoms with Crippen molar-refractivity contribution in [3.8, 4) is 0 Å². The van der Waals surface area contributed by atoms with Crippen LogP contribution in [0.4, 0.5) is 16.2 Å². The number of carbonyl (C=O) groups is 3. The first-order valence-electron chi connectivity index (χ1n) is 6.27. The fourth-order valence-corrected chi connectivity index (χ4v) is 1.85. The van der Waals surface area contributed by atoms with E-state index in [1.165, 1.54) is 12.1 Å². The van der Waals surface area contributed by atoms with Crippen LogP contribution in [0.5, 0.6) is 0 Å². The molecule has 3 amide bonds. The Morgan fingerprint density at radius 1 is 0.818 bits per heavy atom. The fourth-order valence-electron chi connectivity index (χ4n) is 1.85. The summed E-state index contributed by atoms with van der Waals surface area (Å²) in [5, 5.41) is 14.0. The molecule has 0 radical (unpaired) electrons. The van der Waals surface area contributed by atoms with E-state index in [0.29, 0.717) is 11.4 Å². The predicted molar refractivity (Wildman–Crippen MR) is 81.0 cm³/mol. The highest BCUT2D eigenvalue weighted by atomic mass is 16.4. The minimum atomic E-state index is -1.17. The van der Waals surface area contributed by atoms with Crippen molar-refractivity contribution in [2.24, 2.45) is 5.73 Å². The molecule has 2 aromatic carbocycles. The largest absolute Gasteiger partial charge is 0.478 e. The molecule has 0 saturated carbocycles. The van der Waals surface area contributed by atoms with Gasteiger partial charge in [-0.2, -0.15) is 0 Å². The second-order valence-corrected chi connectivity index (χ2v) is 4.37. The third-order valence-electron chi connectivity index (χ3n) is 2.81. The van der Waals surface area contributed by atoms with E-state index < -0.39 is 17.9 Å². The van der Waals surface area contributed by atoms with E-state index in [-0.39, 0.29) is 11.1 Å². The molecule has 112 valence electrons. The molecule has 0 aromatic heterocycles. The number of carboxylic acids is 1. The van der Waals surface area contributed by atoms with E-state index in [4.69, 9.17) is 10.8 Å². The number of carboxylic acid groups (broad SMARTS) is 1. The van der Waals surface area contributed by atoms with Gasteiger partial charge in [0.15, 0.2) is 0 Å². The molecule has 2 rings (SSSR count). The van der Waals surface area contributed by atoms with Gasteiger partial charge in [-0.15, -0.1) is 0 Å². The van der Waals surface area contributed by atoms with Gasteiger partial charge in [0.05, 0.1) is 11.1 Å². The highest BCUT2D eigenvalue weighted by Crippen LogP contribution is 2.16. The van der Waals surface area contributed by atoms with Gasteiger partial charge >= 0.3 is 12.0 Å². The summed E-state index contributed by atoms with van der Waals surface area (Å²) in [5.74, 6) is -1.71. The van der Waals surface area contributed by atoms with Crippen LogP contribution in [-0.2, 0) is 0 Å². The van der Waals surface area contributed by atoms with E-state index in [0.717, 1.165) is 0 Å². The average molecular weight is 299 g/mol. The molecular formula is C15H13N3O4. The molecule has 5 N–H and O–H groups in total. The van der Waals surface area contributed by atoms with Crippen molar-refractivity contribution in [3.63, 3.8) is 0 Å². The van der Waals surface area contributed by atoms with Crippen LogP contribution in [0.15, 0.2) is 48.5 Å². The van der Waals surface area contributed by atoms with Crippen LogP contribution in [0.3, 0.4) is 0 Å². The van der Waals surface area contributed by atoms with E-state index >= 15 is 0 Å². The first kappa shape index (κ1) is 15.0. The summed E-state index contributed by atoms with van der Waals surface area (Å²) in [4.78, 5) is 33.9. The molecule has 0 saturated heterocycles. The number of urea groups is 1. The molecule has 0 aliphatic heterocycles. The number of nitrogens with one attached hydrogen (secondary N) is 2. The third kappa shape index (κ3) is 3.60. The van der Waals surface area contributed by atoms with Gasteiger partial charge in [-0.1, -0.05) is 12.1 Å². The zero-order valence-corrected chi connectivity index (χ0v) is 11.4. The number of anilines is 2. The molecule has 0 spiro atoms. The Labute approximate surface area is 125 Å². The fraction of sp³-hybridized carbons (Fsp3) is 0.